The summed E-state index contributed by atoms with van der Waals surface area (Å²) in [6.07, 6.45) is 0.617. The number of methoxy groups -OCH3 is 1. The molecule has 0 spiro atoms. The zero-order chi connectivity index (χ0) is 14.9. The lowest BCUT2D eigenvalue weighted by molar-refractivity contribution is -0.141. The number of nitrogens with one attached hydrogen (secondary N) is 1. The predicted molar refractivity (Wildman–Crippen MR) is 81.3 cm³/mol. The van der Waals surface area contributed by atoms with Gasteiger partial charge in [0.15, 0.2) is 0 Å². The van der Waals surface area contributed by atoms with E-state index in [0.29, 0.717) is 18.9 Å². The summed E-state index contributed by atoms with van der Waals surface area (Å²) >= 11 is 3.61. The van der Waals surface area contributed by atoms with Crippen molar-refractivity contribution in [3.05, 3.63) is 27.7 Å². The number of halogens is 1. The molecule has 110 valence electrons. The Hall–Kier alpha value is -1.07. The summed E-state index contributed by atoms with van der Waals surface area (Å²) in [5, 5.41) is 12.4. The largest absolute Gasteiger partial charge is 0.496 e. The Balaban J connectivity index is 2.30. The highest BCUT2D eigenvalue weighted by Crippen LogP contribution is 2.38. The molecular weight excluding hydrogens is 322 g/mol. The zero-order valence-electron chi connectivity index (χ0n) is 11.9. The van der Waals surface area contributed by atoms with Gasteiger partial charge in [-0.3, -0.25) is 4.79 Å². The van der Waals surface area contributed by atoms with Crippen molar-refractivity contribution in [1.29, 1.82) is 0 Å². The van der Waals surface area contributed by atoms with Gasteiger partial charge in [0.25, 0.3) is 0 Å². The number of hydrogen-bond donors (Lipinski definition) is 2. The van der Waals surface area contributed by atoms with Crippen LogP contribution in [0.25, 0.3) is 0 Å². The number of rotatable bonds is 4. The minimum absolute atomic E-state index is 0.0718. The summed E-state index contributed by atoms with van der Waals surface area (Å²) in [7, 11) is 1.67. The van der Waals surface area contributed by atoms with Gasteiger partial charge in [-0.25, -0.2) is 0 Å². The summed E-state index contributed by atoms with van der Waals surface area (Å²) in [4.78, 5) is 11.0. The van der Waals surface area contributed by atoms with Crippen LogP contribution in [0.15, 0.2) is 16.6 Å². The summed E-state index contributed by atoms with van der Waals surface area (Å²) in [5.74, 6) is 0.168. The van der Waals surface area contributed by atoms with E-state index in [1.165, 1.54) is 0 Å². The van der Waals surface area contributed by atoms with Gasteiger partial charge in [0, 0.05) is 22.6 Å². The average molecular weight is 342 g/mol. The monoisotopic (exact) mass is 341 g/mol. The average Bonchev–Trinajstić information content (AvgIpc) is 2.86. The van der Waals surface area contributed by atoms with Gasteiger partial charge < -0.3 is 15.2 Å². The van der Waals surface area contributed by atoms with Crippen LogP contribution in [0.2, 0.25) is 0 Å². The van der Waals surface area contributed by atoms with E-state index in [1.807, 2.05) is 6.07 Å². The SMILES string of the molecule is COc1cc(C2CC(C(=O)O)CN2)cc(Br)c1C(C)C. The number of aliphatic carboxylic acids is 1. The van der Waals surface area contributed by atoms with Crippen LogP contribution < -0.4 is 10.1 Å². The second kappa shape index (κ2) is 6.14. The van der Waals surface area contributed by atoms with Gasteiger partial charge in [-0.2, -0.15) is 0 Å². The highest BCUT2D eigenvalue weighted by atomic mass is 79.9. The van der Waals surface area contributed by atoms with Crippen molar-refractivity contribution in [3.8, 4) is 5.75 Å². The van der Waals surface area contributed by atoms with Crippen LogP contribution in [0.5, 0.6) is 5.75 Å². The molecule has 1 aliphatic heterocycles. The molecule has 2 rings (SSSR count). The molecule has 5 heteroatoms. The van der Waals surface area contributed by atoms with Crippen LogP contribution in [0.3, 0.4) is 0 Å². The molecule has 1 heterocycles. The Morgan fingerprint density at radius 3 is 2.70 bits per heavy atom. The number of hydrogen-bond acceptors (Lipinski definition) is 3. The molecule has 0 radical (unpaired) electrons. The molecule has 0 amide bonds. The van der Waals surface area contributed by atoms with Crippen molar-refractivity contribution in [2.24, 2.45) is 5.92 Å². The molecule has 2 atom stereocenters. The first-order valence-electron chi connectivity index (χ1n) is 6.77. The molecule has 0 aromatic heterocycles. The van der Waals surface area contributed by atoms with Crippen LogP contribution in [0.1, 0.15) is 43.4 Å². The second-order valence-electron chi connectivity index (χ2n) is 5.51. The third-order valence-corrected chi connectivity index (χ3v) is 4.45. The maximum Gasteiger partial charge on any atom is 0.307 e. The van der Waals surface area contributed by atoms with Gasteiger partial charge in [-0.05, 0) is 30.0 Å². The van der Waals surface area contributed by atoms with Crippen LogP contribution in [0.4, 0.5) is 0 Å². The minimum atomic E-state index is -0.732. The third-order valence-electron chi connectivity index (χ3n) is 3.79. The van der Waals surface area contributed by atoms with Crippen molar-refractivity contribution in [2.45, 2.75) is 32.2 Å². The minimum Gasteiger partial charge on any atom is -0.496 e. The highest BCUT2D eigenvalue weighted by molar-refractivity contribution is 9.10. The smallest absolute Gasteiger partial charge is 0.307 e. The van der Waals surface area contributed by atoms with Crippen molar-refractivity contribution < 1.29 is 14.6 Å². The maximum absolute atomic E-state index is 11.0. The van der Waals surface area contributed by atoms with Gasteiger partial charge in [0.1, 0.15) is 5.75 Å². The number of carboxylic acid groups (broad SMARTS) is 1. The number of ether oxygens (including phenoxy) is 1. The van der Waals surface area contributed by atoms with E-state index in [1.54, 1.807) is 7.11 Å². The maximum atomic E-state index is 11.0. The molecule has 2 unspecified atom stereocenters. The second-order valence-corrected chi connectivity index (χ2v) is 6.36. The Kier molecular flexibility index (Phi) is 4.70. The summed E-state index contributed by atoms with van der Waals surface area (Å²) in [5.41, 5.74) is 2.21. The molecule has 2 N–H and O–H groups in total. The first kappa shape index (κ1) is 15.3. The molecule has 0 aliphatic carbocycles. The molecule has 1 fully saturated rings. The molecule has 0 saturated carbocycles. The zero-order valence-corrected chi connectivity index (χ0v) is 13.5. The first-order chi connectivity index (χ1) is 9.43. The van der Waals surface area contributed by atoms with Gasteiger partial charge in [0.05, 0.1) is 13.0 Å². The summed E-state index contributed by atoms with van der Waals surface area (Å²) in [6, 6.07) is 4.16. The van der Waals surface area contributed by atoms with E-state index < -0.39 is 5.97 Å². The Morgan fingerprint density at radius 1 is 1.50 bits per heavy atom. The van der Waals surface area contributed by atoms with E-state index in [0.717, 1.165) is 21.3 Å². The van der Waals surface area contributed by atoms with Crippen LogP contribution in [-0.2, 0) is 4.79 Å². The van der Waals surface area contributed by atoms with Crippen LogP contribution >= 0.6 is 15.9 Å². The van der Waals surface area contributed by atoms with E-state index in [9.17, 15) is 4.79 Å². The van der Waals surface area contributed by atoms with E-state index in [-0.39, 0.29) is 12.0 Å². The number of carboxylic acids is 1. The Labute approximate surface area is 127 Å². The topological polar surface area (TPSA) is 58.6 Å². The van der Waals surface area contributed by atoms with E-state index in [4.69, 9.17) is 9.84 Å². The number of benzene rings is 1. The molecule has 1 aromatic carbocycles. The standard InChI is InChI=1S/C15H20BrNO3/c1-8(2)14-11(16)4-9(6-13(14)20-3)12-5-10(7-17-12)15(18)19/h4,6,8,10,12,17H,5,7H2,1-3H3,(H,18,19). The van der Waals surface area contributed by atoms with Gasteiger partial charge >= 0.3 is 5.97 Å². The van der Waals surface area contributed by atoms with Crippen molar-refractivity contribution in [3.63, 3.8) is 0 Å². The van der Waals surface area contributed by atoms with Gasteiger partial charge in [-0.1, -0.05) is 29.8 Å². The third kappa shape index (κ3) is 2.99. The fourth-order valence-corrected chi connectivity index (χ4v) is 3.64. The quantitative estimate of drug-likeness (QED) is 0.881. The van der Waals surface area contributed by atoms with E-state index in [2.05, 4.69) is 41.2 Å². The van der Waals surface area contributed by atoms with Crippen molar-refractivity contribution in [2.75, 3.05) is 13.7 Å². The van der Waals surface area contributed by atoms with Crippen LogP contribution in [0, 0.1) is 5.92 Å². The number of carbonyl (C=O) groups is 1. The molecule has 4 nitrogen and oxygen atoms in total. The normalized spacial score (nSPS) is 22.2. The molecule has 20 heavy (non-hydrogen) atoms. The predicted octanol–water partition coefficient (Wildman–Crippen LogP) is 3.32. The molecule has 1 aliphatic rings. The lowest BCUT2D eigenvalue weighted by Crippen LogP contribution is -2.17. The van der Waals surface area contributed by atoms with Crippen molar-refractivity contribution in [1.82, 2.24) is 5.32 Å². The lowest BCUT2D eigenvalue weighted by atomic mass is 9.95. The molecule has 0 bridgehead atoms. The highest BCUT2D eigenvalue weighted by Gasteiger charge is 2.31. The Morgan fingerprint density at radius 2 is 2.20 bits per heavy atom. The molecule has 1 aromatic rings. The first-order valence-corrected chi connectivity index (χ1v) is 7.56. The van der Waals surface area contributed by atoms with Crippen molar-refractivity contribution >= 4 is 21.9 Å². The lowest BCUT2D eigenvalue weighted by Gasteiger charge is -2.18. The molecule has 1 saturated heterocycles. The fourth-order valence-electron chi connectivity index (χ4n) is 2.72. The summed E-state index contributed by atoms with van der Waals surface area (Å²) < 4.78 is 6.50. The van der Waals surface area contributed by atoms with E-state index >= 15 is 0 Å². The Bertz CT molecular complexity index is 516. The van der Waals surface area contributed by atoms with Gasteiger partial charge in [0.2, 0.25) is 0 Å². The van der Waals surface area contributed by atoms with Gasteiger partial charge in [-0.15, -0.1) is 0 Å². The van der Waals surface area contributed by atoms with Crippen LogP contribution in [-0.4, -0.2) is 24.7 Å². The summed E-state index contributed by atoms with van der Waals surface area (Å²) in [6.45, 7) is 4.76. The molecular formula is C15H20BrNO3. The fraction of sp³-hybridized carbons (Fsp3) is 0.533.